The maximum absolute atomic E-state index is 12.3. The van der Waals surface area contributed by atoms with Crippen molar-refractivity contribution in [3.05, 3.63) is 36.0 Å². The van der Waals surface area contributed by atoms with Crippen molar-refractivity contribution in [2.75, 3.05) is 5.75 Å². The van der Waals surface area contributed by atoms with Crippen LogP contribution in [0.3, 0.4) is 0 Å². The molecule has 0 spiro atoms. The second-order valence-corrected chi connectivity index (χ2v) is 9.19. The van der Waals surface area contributed by atoms with Crippen molar-refractivity contribution in [2.24, 2.45) is 5.41 Å². The Morgan fingerprint density at radius 3 is 2.19 bits per heavy atom. The van der Waals surface area contributed by atoms with Crippen molar-refractivity contribution in [3.63, 3.8) is 0 Å². The van der Waals surface area contributed by atoms with Gasteiger partial charge >= 0.3 is 0 Å². The Labute approximate surface area is 158 Å². The fourth-order valence-electron chi connectivity index (χ4n) is 1.93. The minimum Gasteiger partial charge on any atom is -0.415 e. The quantitative estimate of drug-likeness (QED) is 0.438. The molecule has 6 nitrogen and oxygen atoms in total. The maximum atomic E-state index is 12.3. The molecule has 0 fully saturated rings. The zero-order chi connectivity index (χ0) is 19.5. The second kappa shape index (κ2) is 7.70. The molecular formula is C19H26N3O3S+. The van der Waals surface area contributed by atoms with Gasteiger partial charge in [0.25, 0.3) is 5.22 Å². The third kappa shape index (κ3) is 5.49. The first-order chi connectivity index (χ1) is 12.0. The summed E-state index contributed by atoms with van der Waals surface area (Å²) in [5.74, 6) is 0.885. The number of carbonyl (C=O) groups excluding carboxylic acids is 2. The average molecular weight is 377 g/mol. The summed E-state index contributed by atoms with van der Waals surface area (Å²) in [6, 6.07) is 3.46. The van der Waals surface area contributed by atoms with Gasteiger partial charge in [0.05, 0.1) is 5.75 Å². The zero-order valence-corrected chi connectivity index (χ0v) is 17.0. The Balaban J connectivity index is 1.94. The van der Waals surface area contributed by atoms with Crippen molar-refractivity contribution in [1.29, 1.82) is 0 Å². The lowest BCUT2D eigenvalue weighted by Gasteiger charge is -2.13. The molecule has 0 unspecified atom stereocenters. The van der Waals surface area contributed by atoms with E-state index in [1.54, 1.807) is 29.1 Å². The van der Waals surface area contributed by atoms with E-state index < -0.39 is 0 Å². The topological polar surface area (TPSA) is 76.9 Å². The molecule has 0 radical (unpaired) electrons. The van der Waals surface area contributed by atoms with Crippen LogP contribution in [-0.2, 0) is 16.8 Å². The lowest BCUT2D eigenvalue weighted by molar-refractivity contribution is -0.684. The van der Waals surface area contributed by atoms with Crippen LogP contribution in [0.5, 0.6) is 0 Å². The first-order valence-corrected chi connectivity index (χ1v) is 9.48. The maximum Gasteiger partial charge on any atom is 0.277 e. The van der Waals surface area contributed by atoms with Crippen LogP contribution in [0.15, 0.2) is 34.2 Å². The van der Waals surface area contributed by atoms with Gasteiger partial charge in [0.1, 0.15) is 0 Å². The summed E-state index contributed by atoms with van der Waals surface area (Å²) < 4.78 is 7.36. The van der Waals surface area contributed by atoms with Crippen LogP contribution < -0.4 is 4.57 Å². The molecule has 0 saturated heterocycles. The molecule has 2 aromatic heterocycles. The Kier molecular flexibility index (Phi) is 6.01. The summed E-state index contributed by atoms with van der Waals surface area (Å²) in [6.45, 7) is 12.0. The molecular weight excluding hydrogens is 350 g/mol. The molecule has 2 aromatic rings. The van der Waals surface area contributed by atoms with Crippen molar-refractivity contribution in [2.45, 2.75) is 58.7 Å². The van der Waals surface area contributed by atoms with Crippen molar-refractivity contribution < 1.29 is 18.6 Å². The molecule has 0 atom stereocenters. The van der Waals surface area contributed by atoms with Crippen molar-refractivity contribution >= 4 is 23.3 Å². The second-order valence-electron chi connectivity index (χ2n) is 8.27. The molecule has 0 aliphatic carbocycles. The minimum atomic E-state index is -0.381. The van der Waals surface area contributed by atoms with Gasteiger partial charge in [0, 0.05) is 28.5 Å². The molecule has 2 rings (SSSR count). The number of rotatable bonds is 6. The Bertz CT molecular complexity index is 784. The number of hydrogen-bond acceptors (Lipinski definition) is 6. The third-order valence-electron chi connectivity index (χ3n) is 3.75. The highest BCUT2D eigenvalue weighted by molar-refractivity contribution is 7.99. The van der Waals surface area contributed by atoms with Crippen LogP contribution in [0.2, 0.25) is 0 Å². The monoisotopic (exact) mass is 376 g/mol. The van der Waals surface area contributed by atoms with E-state index in [4.69, 9.17) is 4.42 Å². The van der Waals surface area contributed by atoms with Gasteiger partial charge in [-0.3, -0.25) is 9.59 Å². The molecule has 0 aliphatic heterocycles. The highest BCUT2D eigenvalue weighted by atomic mass is 32.2. The van der Waals surface area contributed by atoms with Crippen molar-refractivity contribution in [3.8, 4) is 0 Å². The smallest absolute Gasteiger partial charge is 0.277 e. The highest BCUT2D eigenvalue weighted by Crippen LogP contribution is 2.25. The summed E-state index contributed by atoms with van der Waals surface area (Å²) in [5.41, 5.74) is -0.00546. The molecule has 7 heteroatoms. The Morgan fingerprint density at radius 2 is 1.69 bits per heavy atom. The third-order valence-corrected chi connectivity index (χ3v) is 4.57. The summed E-state index contributed by atoms with van der Waals surface area (Å²) >= 11 is 1.23. The summed E-state index contributed by atoms with van der Waals surface area (Å²) in [4.78, 5) is 24.4. The number of pyridine rings is 1. The van der Waals surface area contributed by atoms with Gasteiger partial charge in [-0.05, 0) is 0 Å². The number of hydrogen-bond donors (Lipinski definition) is 0. The number of ketones is 2. The van der Waals surface area contributed by atoms with E-state index in [2.05, 4.69) is 10.2 Å². The van der Waals surface area contributed by atoms with E-state index in [9.17, 15) is 9.59 Å². The first kappa shape index (κ1) is 20.3. The first-order valence-electron chi connectivity index (χ1n) is 8.49. The van der Waals surface area contributed by atoms with Gasteiger partial charge in [-0.15, -0.1) is 10.2 Å². The molecule has 0 amide bonds. The van der Waals surface area contributed by atoms with Gasteiger partial charge in [0.15, 0.2) is 18.2 Å². The van der Waals surface area contributed by atoms with Gasteiger partial charge in [-0.1, -0.05) is 53.3 Å². The number of aromatic nitrogens is 3. The number of Topliss-reactive ketones (excluding diaryl/α,β-unsaturated/α-hetero) is 2. The van der Waals surface area contributed by atoms with E-state index in [-0.39, 0.29) is 28.1 Å². The summed E-state index contributed by atoms with van der Waals surface area (Å²) in [7, 11) is 0. The van der Waals surface area contributed by atoms with Crippen LogP contribution in [-0.4, -0.2) is 27.5 Å². The fraction of sp³-hybridized carbons (Fsp3) is 0.526. The van der Waals surface area contributed by atoms with E-state index in [1.807, 2.05) is 41.5 Å². The number of thioether (sulfide) groups is 1. The predicted molar refractivity (Wildman–Crippen MR) is 99.2 cm³/mol. The molecule has 0 saturated carbocycles. The van der Waals surface area contributed by atoms with Gasteiger partial charge in [-0.25, -0.2) is 0 Å². The SMILES string of the molecule is CC(C)(C)C(=O)C[n+]1ccc(C(=O)CSc2nnc(C(C)(C)C)o2)cc1. The van der Waals surface area contributed by atoms with Crippen LogP contribution in [0.25, 0.3) is 0 Å². The van der Waals surface area contributed by atoms with Crippen LogP contribution in [0.4, 0.5) is 0 Å². The average Bonchev–Trinajstić information content (AvgIpc) is 3.01. The number of nitrogens with zero attached hydrogens (tertiary/aromatic N) is 3. The normalized spacial score (nSPS) is 12.2. The Morgan fingerprint density at radius 1 is 1.08 bits per heavy atom. The van der Waals surface area contributed by atoms with Gasteiger partial charge in [0.2, 0.25) is 18.2 Å². The van der Waals surface area contributed by atoms with E-state index in [0.29, 0.717) is 23.2 Å². The molecule has 0 N–H and O–H groups in total. The number of carbonyl (C=O) groups is 2. The lowest BCUT2D eigenvalue weighted by atomic mass is 9.91. The molecule has 140 valence electrons. The summed E-state index contributed by atoms with van der Waals surface area (Å²) in [6.07, 6.45) is 3.51. The molecule has 2 heterocycles. The molecule has 26 heavy (non-hydrogen) atoms. The summed E-state index contributed by atoms with van der Waals surface area (Å²) in [5, 5.41) is 8.38. The van der Waals surface area contributed by atoms with E-state index in [1.165, 1.54) is 11.8 Å². The van der Waals surface area contributed by atoms with Crippen LogP contribution >= 0.6 is 11.8 Å². The zero-order valence-electron chi connectivity index (χ0n) is 16.2. The largest absolute Gasteiger partial charge is 0.415 e. The van der Waals surface area contributed by atoms with Gasteiger partial charge in [-0.2, -0.15) is 4.57 Å². The van der Waals surface area contributed by atoms with E-state index in [0.717, 1.165) is 0 Å². The minimum absolute atomic E-state index is 0.0280. The van der Waals surface area contributed by atoms with Crippen molar-refractivity contribution in [1.82, 2.24) is 10.2 Å². The molecule has 0 bridgehead atoms. The molecule has 0 aliphatic rings. The predicted octanol–water partition coefficient (Wildman–Crippen LogP) is 3.24. The van der Waals surface area contributed by atoms with Gasteiger partial charge < -0.3 is 4.42 Å². The van der Waals surface area contributed by atoms with Crippen LogP contribution in [0.1, 0.15) is 57.8 Å². The highest BCUT2D eigenvalue weighted by Gasteiger charge is 2.25. The van der Waals surface area contributed by atoms with Crippen LogP contribution in [0, 0.1) is 5.41 Å². The standard InChI is InChI=1S/C19H26N3O3S/c1-18(2,3)15(24)11-22-9-7-13(8-10-22)14(23)12-26-17-21-20-16(25-17)19(4,5)6/h7-10H,11-12H2,1-6H3/q+1. The lowest BCUT2D eigenvalue weighted by Crippen LogP contribution is -2.41. The Hall–Kier alpha value is -2.02. The fourth-order valence-corrected chi connectivity index (χ4v) is 2.59. The van der Waals surface area contributed by atoms with E-state index >= 15 is 0 Å². The molecule has 0 aromatic carbocycles.